The fourth-order valence-electron chi connectivity index (χ4n) is 3.70. The minimum atomic E-state index is -0.716. The molecule has 2 saturated heterocycles. The van der Waals surface area contributed by atoms with Gasteiger partial charge in [-0.25, -0.2) is 4.79 Å². The van der Waals surface area contributed by atoms with Crippen LogP contribution in [0.4, 0.5) is 4.79 Å². The molecular formula is C15H26N2O3. The maximum absolute atomic E-state index is 12.2. The van der Waals surface area contributed by atoms with E-state index in [0.717, 1.165) is 51.5 Å². The summed E-state index contributed by atoms with van der Waals surface area (Å²) < 4.78 is 0. The molecule has 0 aromatic heterocycles. The highest BCUT2D eigenvalue weighted by atomic mass is 16.4. The summed E-state index contributed by atoms with van der Waals surface area (Å²) in [5, 5.41) is 11.9. The molecule has 0 saturated carbocycles. The molecule has 2 atom stereocenters. The number of rotatable bonds is 6. The van der Waals surface area contributed by atoms with Crippen molar-refractivity contribution in [3.8, 4) is 0 Å². The molecule has 114 valence electrons. The maximum Gasteiger partial charge on any atom is 0.317 e. The van der Waals surface area contributed by atoms with Crippen molar-refractivity contribution in [2.45, 2.75) is 70.4 Å². The standard InChI is InChI=1S/C15H26N2O3/c1-2-3-4-7-16-15(20)17-12-5-6-13(17)9-11(8-12)10-14(18)19/h11-13H,2-10H2,1H3,(H,16,20)(H,18,19). The summed E-state index contributed by atoms with van der Waals surface area (Å²) in [5.74, 6) is -0.471. The Morgan fingerprint density at radius 2 is 1.85 bits per heavy atom. The van der Waals surface area contributed by atoms with Gasteiger partial charge in [-0.1, -0.05) is 19.8 Å². The molecule has 2 aliphatic rings. The third kappa shape index (κ3) is 3.64. The average molecular weight is 282 g/mol. The highest BCUT2D eigenvalue weighted by Crippen LogP contribution is 2.39. The van der Waals surface area contributed by atoms with Crippen LogP contribution in [-0.4, -0.2) is 40.6 Å². The van der Waals surface area contributed by atoms with E-state index in [2.05, 4.69) is 12.2 Å². The van der Waals surface area contributed by atoms with Crippen molar-refractivity contribution in [1.29, 1.82) is 0 Å². The Morgan fingerprint density at radius 1 is 1.20 bits per heavy atom. The number of amides is 2. The number of fused-ring (bicyclic) bond motifs is 2. The number of aliphatic carboxylic acids is 1. The number of carbonyl (C=O) groups excluding carboxylic acids is 1. The Labute approximate surface area is 120 Å². The maximum atomic E-state index is 12.2. The number of carboxylic acid groups (broad SMARTS) is 1. The summed E-state index contributed by atoms with van der Waals surface area (Å²) in [6, 6.07) is 0.566. The van der Waals surface area contributed by atoms with Crippen LogP contribution in [0.1, 0.15) is 58.3 Å². The molecule has 5 nitrogen and oxygen atoms in total. The zero-order chi connectivity index (χ0) is 14.5. The van der Waals surface area contributed by atoms with Gasteiger partial charge in [0.1, 0.15) is 0 Å². The van der Waals surface area contributed by atoms with Crippen LogP contribution < -0.4 is 5.32 Å². The van der Waals surface area contributed by atoms with Gasteiger partial charge in [0.05, 0.1) is 0 Å². The molecule has 5 heteroatoms. The first-order valence-electron chi connectivity index (χ1n) is 7.89. The lowest BCUT2D eigenvalue weighted by Gasteiger charge is -2.38. The first-order valence-corrected chi connectivity index (χ1v) is 7.89. The number of nitrogens with zero attached hydrogens (tertiary/aromatic N) is 1. The average Bonchev–Trinajstić information content (AvgIpc) is 2.66. The Balaban J connectivity index is 1.82. The van der Waals surface area contributed by atoms with Crippen LogP contribution in [0.2, 0.25) is 0 Å². The van der Waals surface area contributed by atoms with E-state index in [4.69, 9.17) is 5.11 Å². The van der Waals surface area contributed by atoms with Gasteiger partial charge in [-0.3, -0.25) is 4.79 Å². The number of carbonyl (C=O) groups is 2. The minimum Gasteiger partial charge on any atom is -0.481 e. The summed E-state index contributed by atoms with van der Waals surface area (Å²) in [6.07, 6.45) is 7.35. The van der Waals surface area contributed by atoms with E-state index in [1.807, 2.05) is 4.90 Å². The fraction of sp³-hybridized carbons (Fsp3) is 0.867. The molecule has 2 unspecified atom stereocenters. The summed E-state index contributed by atoms with van der Waals surface area (Å²) in [7, 11) is 0. The molecule has 2 N–H and O–H groups in total. The molecule has 2 bridgehead atoms. The largest absolute Gasteiger partial charge is 0.481 e. The number of carboxylic acids is 1. The van der Waals surface area contributed by atoms with Gasteiger partial charge in [0, 0.05) is 25.0 Å². The van der Waals surface area contributed by atoms with E-state index < -0.39 is 5.97 Å². The molecule has 2 aliphatic heterocycles. The highest BCUT2D eigenvalue weighted by molar-refractivity contribution is 5.75. The zero-order valence-corrected chi connectivity index (χ0v) is 12.3. The number of urea groups is 1. The van der Waals surface area contributed by atoms with Crippen molar-refractivity contribution < 1.29 is 14.7 Å². The summed E-state index contributed by atoms with van der Waals surface area (Å²) in [6.45, 7) is 2.90. The highest BCUT2D eigenvalue weighted by Gasteiger charge is 2.43. The van der Waals surface area contributed by atoms with Gasteiger partial charge in [0.25, 0.3) is 0 Å². The van der Waals surface area contributed by atoms with E-state index in [0.29, 0.717) is 0 Å². The minimum absolute atomic E-state index is 0.0578. The summed E-state index contributed by atoms with van der Waals surface area (Å²) in [4.78, 5) is 25.1. The van der Waals surface area contributed by atoms with Crippen LogP contribution in [0, 0.1) is 5.92 Å². The van der Waals surface area contributed by atoms with Gasteiger partial charge in [-0.05, 0) is 38.0 Å². The molecule has 0 aliphatic carbocycles. The number of unbranched alkanes of at least 4 members (excludes halogenated alkanes) is 2. The number of hydrogen-bond acceptors (Lipinski definition) is 2. The Morgan fingerprint density at radius 3 is 2.40 bits per heavy atom. The molecule has 2 fully saturated rings. The number of nitrogens with one attached hydrogen (secondary N) is 1. The van der Waals surface area contributed by atoms with Crippen LogP contribution in [0.5, 0.6) is 0 Å². The molecule has 2 amide bonds. The van der Waals surface area contributed by atoms with E-state index in [9.17, 15) is 9.59 Å². The predicted molar refractivity (Wildman–Crippen MR) is 76.5 cm³/mol. The van der Waals surface area contributed by atoms with Crippen molar-refractivity contribution in [1.82, 2.24) is 10.2 Å². The Bertz CT molecular complexity index is 345. The second-order valence-corrected chi connectivity index (χ2v) is 6.17. The van der Waals surface area contributed by atoms with E-state index in [-0.39, 0.29) is 30.5 Å². The third-order valence-electron chi connectivity index (χ3n) is 4.59. The van der Waals surface area contributed by atoms with E-state index in [1.54, 1.807) is 0 Å². The van der Waals surface area contributed by atoms with E-state index in [1.165, 1.54) is 0 Å². The normalized spacial score (nSPS) is 28.4. The van der Waals surface area contributed by atoms with Crippen molar-refractivity contribution >= 4 is 12.0 Å². The molecule has 0 aromatic carbocycles. The van der Waals surface area contributed by atoms with Gasteiger partial charge < -0.3 is 15.3 Å². The van der Waals surface area contributed by atoms with Gasteiger partial charge in [-0.15, -0.1) is 0 Å². The van der Waals surface area contributed by atoms with Crippen LogP contribution in [0.15, 0.2) is 0 Å². The molecule has 0 aromatic rings. The first kappa shape index (κ1) is 15.1. The second-order valence-electron chi connectivity index (χ2n) is 6.17. The van der Waals surface area contributed by atoms with Gasteiger partial charge >= 0.3 is 12.0 Å². The quantitative estimate of drug-likeness (QED) is 0.736. The summed E-state index contributed by atoms with van der Waals surface area (Å²) >= 11 is 0. The number of piperidine rings is 1. The molecule has 2 rings (SSSR count). The SMILES string of the molecule is CCCCCNC(=O)N1C2CCC1CC(CC(=O)O)C2. The van der Waals surface area contributed by atoms with Crippen molar-refractivity contribution in [2.24, 2.45) is 5.92 Å². The molecule has 0 radical (unpaired) electrons. The lowest BCUT2D eigenvalue weighted by molar-refractivity contribution is -0.138. The number of hydrogen-bond donors (Lipinski definition) is 2. The first-order chi connectivity index (χ1) is 9.61. The van der Waals surface area contributed by atoms with Gasteiger partial charge in [0.15, 0.2) is 0 Å². The summed E-state index contributed by atoms with van der Waals surface area (Å²) in [5.41, 5.74) is 0. The topological polar surface area (TPSA) is 69.6 Å². The van der Waals surface area contributed by atoms with Crippen molar-refractivity contribution in [3.63, 3.8) is 0 Å². The molecule has 2 heterocycles. The van der Waals surface area contributed by atoms with Crippen molar-refractivity contribution in [2.75, 3.05) is 6.54 Å². The fourth-order valence-corrected chi connectivity index (χ4v) is 3.70. The van der Waals surface area contributed by atoms with Gasteiger partial charge in [0.2, 0.25) is 0 Å². The van der Waals surface area contributed by atoms with Crippen LogP contribution in [0.25, 0.3) is 0 Å². The van der Waals surface area contributed by atoms with Crippen molar-refractivity contribution in [3.05, 3.63) is 0 Å². The zero-order valence-electron chi connectivity index (χ0n) is 12.3. The van der Waals surface area contributed by atoms with E-state index >= 15 is 0 Å². The van der Waals surface area contributed by atoms with Crippen LogP contribution >= 0.6 is 0 Å². The Kier molecular flexibility index (Phi) is 5.26. The Hall–Kier alpha value is -1.26. The van der Waals surface area contributed by atoms with Crippen LogP contribution in [-0.2, 0) is 4.79 Å². The predicted octanol–water partition coefficient (Wildman–Crippen LogP) is 2.60. The molecular weight excluding hydrogens is 256 g/mol. The third-order valence-corrected chi connectivity index (χ3v) is 4.59. The lowest BCUT2D eigenvalue weighted by atomic mass is 9.88. The monoisotopic (exact) mass is 282 g/mol. The van der Waals surface area contributed by atoms with Crippen LogP contribution in [0.3, 0.4) is 0 Å². The molecule has 20 heavy (non-hydrogen) atoms. The lowest BCUT2D eigenvalue weighted by Crippen LogP contribution is -2.51. The molecule has 0 spiro atoms. The van der Waals surface area contributed by atoms with Gasteiger partial charge in [-0.2, -0.15) is 0 Å². The smallest absolute Gasteiger partial charge is 0.317 e. The second kappa shape index (κ2) is 6.95.